The molecule has 1 unspecified atom stereocenters. The number of hydrogen-bond donors (Lipinski definition) is 0. The van der Waals surface area contributed by atoms with Crippen LogP contribution in [-0.2, 0) is 9.31 Å². The van der Waals surface area contributed by atoms with E-state index in [9.17, 15) is 0 Å². The number of rotatable bonds is 3. The molecule has 0 spiro atoms. The summed E-state index contributed by atoms with van der Waals surface area (Å²) in [4.78, 5) is 0. The summed E-state index contributed by atoms with van der Waals surface area (Å²) in [6.07, 6.45) is 1.97. The van der Waals surface area contributed by atoms with E-state index in [1.807, 2.05) is 6.08 Å². The normalized spacial score (nSPS) is 21.4. The second-order valence-electron chi connectivity index (χ2n) is 7.18. The van der Waals surface area contributed by atoms with Crippen molar-refractivity contribution in [2.75, 3.05) is 0 Å². The lowest BCUT2D eigenvalue weighted by atomic mass is 9.72. The van der Waals surface area contributed by atoms with Crippen molar-refractivity contribution in [1.29, 1.82) is 0 Å². The van der Waals surface area contributed by atoms with Crippen LogP contribution in [0.25, 0.3) is 0 Å². The zero-order valence-corrected chi connectivity index (χ0v) is 14.4. The Morgan fingerprint density at radius 3 is 1.86 bits per heavy atom. The van der Waals surface area contributed by atoms with Gasteiger partial charge >= 0.3 is 7.12 Å². The molecule has 2 nitrogen and oxygen atoms in total. The maximum atomic E-state index is 6.20. The third-order valence-corrected chi connectivity index (χ3v) is 4.98. The van der Waals surface area contributed by atoms with Crippen molar-refractivity contribution in [3.63, 3.8) is 0 Å². The van der Waals surface area contributed by atoms with Crippen LogP contribution < -0.4 is 5.46 Å². The molecule has 0 saturated carbocycles. The summed E-state index contributed by atoms with van der Waals surface area (Å²) in [6, 6.07) is 4.44. The van der Waals surface area contributed by atoms with Gasteiger partial charge in [-0.25, -0.2) is 0 Å². The summed E-state index contributed by atoms with van der Waals surface area (Å²) in [5.41, 5.74) is 4.29. The van der Waals surface area contributed by atoms with Crippen LogP contribution in [0.1, 0.15) is 57.2 Å². The molecule has 0 aromatic heterocycles. The zero-order chi connectivity index (χ0) is 16.0. The lowest BCUT2D eigenvalue weighted by molar-refractivity contribution is 0.00578. The van der Waals surface area contributed by atoms with E-state index in [0.29, 0.717) is 5.92 Å². The van der Waals surface area contributed by atoms with Crippen molar-refractivity contribution in [3.8, 4) is 0 Å². The second-order valence-corrected chi connectivity index (χ2v) is 7.18. The van der Waals surface area contributed by atoms with Gasteiger partial charge in [-0.05, 0) is 58.5 Å². The zero-order valence-electron chi connectivity index (χ0n) is 14.4. The van der Waals surface area contributed by atoms with Crippen LogP contribution in [0.15, 0.2) is 24.8 Å². The van der Waals surface area contributed by atoms with Crippen LogP contribution >= 0.6 is 0 Å². The predicted octanol–water partition coefficient (Wildman–Crippen LogP) is 3.89. The molecule has 0 radical (unpaired) electrons. The molecule has 0 aliphatic carbocycles. The third-order valence-electron chi connectivity index (χ3n) is 4.98. The maximum Gasteiger partial charge on any atom is 0.495 e. The first-order valence-corrected chi connectivity index (χ1v) is 7.68. The Kier molecular flexibility index (Phi) is 4.11. The fourth-order valence-electron chi connectivity index (χ4n) is 2.74. The van der Waals surface area contributed by atoms with E-state index in [1.54, 1.807) is 0 Å². The fraction of sp³-hybridized carbons (Fsp3) is 0.556. The van der Waals surface area contributed by atoms with E-state index < -0.39 is 0 Å². The van der Waals surface area contributed by atoms with E-state index in [1.165, 1.54) is 16.7 Å². The van der Waals surface area contributed by atoms with Gasteiger partial charge in [-0.1, -0.05) is 36.3 Å². The largest absolute Gasteiger partial charge is 0.495 e. The van der Waals surface area contributed by atoms with Crippen LogP contribution in [0.4, 0.5) is 0 Å². The summed E-state index contributed by atoms with van der Waals surface area (Å²) in [5.74, 6) is 0.356. The Hall–Kier alpha value is -1.06. The highest BCUT2D eigenvalue weighted by atomic mass is 16.7. The van der Waals surface area contributed by atoms with Crippen molar-refractivity contribution in [3.05, 3.63) is 41.5 Å². The van der Waals surface area contributed by atoms with Gasteiger partial charge in [-0.2, -0.15) is 0 Å². The predicted molar refractivity (Wildman–Crippen MR) is 90.2 cm³/mol. The first-order valence-electron chi connectivity index (χ1n) is 7.68. The smallest absolute Gasteiger partial charge is 0.399 e. The van der Waals surface area contributed by atoms with Crippen LogP contribution in [0.2, 0.25) is 0 Å². The Labute approximate surface area is 129 Å². The number of aryl methyl sites for hydroxylation is 2. The van der Waals surface area contributed by atoms with Crippen LogP contribution in [-0.4, -0.2) is 18.3 Å². The van der Waals surface area contributed by atoms with E-state index in [2.05, 4.69) is 67.2 Å². The summed E-state index contributed by atoms with van der Waals surface area (Å²) < 4.78 is 12.4. The molecular weight excluding hydrogens is 259 g/mol. The highest BCUT2D eigenvalue weighted by Crippen LogP contribution is 2.37. The standard InChI is InChI=1S/C18H27BO2/c1-9-12(2)15-10-13(3)16(14(4)11-15)19-20-17(5,6)18(7,8)21-19/h9-12H,1H2,2-8H3. The van der Waals surface area contributed by atoms with Gasteiger partial charge in [0.05, 0.1) is 11.2 Å². The number of benzene rings is 1. The average molecular weight is 286 g/mol. The molecule has 0 amide bonds. The Bertz CT molecular complexity index is 521. The second kappa shape index (κ2) is 5.29. The quantitative estimate of drug-likeness (QED) is 0.620. The fourth-order valence-corrected chi connectivity index (χ4v) is 2.74. The van der Waals surface area contributed by atoms with Gasteiger partial charge in [-0.3, -0.25) is 0 Å². The molecule has 1 atom stereocenters. The monoisotopic (exact) mass is 286 g/mol. The van der Waals surface area contributed by atoms with Crippen molar-refractivity contribution in [1.82, 2.24) is 0 Å². The highest BCUT2D eigenvalue weighted by Gasteiger charge is 2.52. The van der Waals surface area contributed by atoms with Crippen molar-refractivity contribution in [2.24, 2.45) is 0 Å². The molecule has 0 bridgehead atoms. The molecule has 1 aliphatic rings. The number of hydrogen-bond acceptors (Lipinski definition) is 2. The van der Waals surface area contributed by atoms with Gasteiger partial charge in [0.15, 0.2) is 0 Å². The van der Waals surface area contributed by atoms with Crippen molar-refractivity contribution < 1.29 is 9.31 Å². The van der Waals surface area contributed by atoms with Gasteiger partial charge in [0.1, 0.15) is 0 Å². The SMILES string of the molecule is C=CC(C)c1cc(C)c(B2OC(C)(C)C(C)(C)O2)c(C)c1. The van der Waals surface area contributed by atoms with Crippen molar-refractivity contribution >= 4 is 12.6 Å². The molecule has 1 saturated heterocycles. The number of allylic oxidation sites excluding steroid dienone is 1. The molecule has 0 N–H and O–H groups in total. The lowest BCUT2D eigenvalue weighted by Gasteiger charge is -2.32. The first kappa shape index (κ1) is 16.3. The van der Waals surface area contributed by atoms with Crippen LogP contribution in [0.5, 0.6) is 0 Å². The molecule has 1 heterocycles. The molecule has 1 aliphatic heterocycles. The van der Waals surface area contributed by atoms with Crippen molar-refractivity contribution in [2.45, 2.75) is 65.6 Å². The Morgan fingerprint density at radius 2 is 1.48 bits per heavy atom. The van der Waals surface area contributed by atoms with Gasteiger partial charge < -0.3 is 9.31 Å². The van der Waals surface area contributed by atoms with Gasteiger partial charge in [-0.15, -0.1) is 6.58 Å². The summed E-state index contributed by atoms with van der Waals surface area (Å²) in [7, 11) is -0.289. The summed E-state index contributed by atoms with van der Waals surface area (Å²) in [6.45, 7) is 18.7. The topological polar surface area (TPSA) is 18.5 Å². The van der Waals surface area contributed by atoms with Crippen LogP contribution in [0.3, 0.4) is 0 Å². The minimum atomic E-state index is -0.302. The van der Waals surface area contributed by atoms with Crippen LogP contribution in [0, 0.1) is 13.8 Å². The van der Waals surface area contributed by atoms with E-state index in [0.717, 1.165) is 5.46 Å². The first-order chi connectivity index (χ1) is 9.59. The van der Waals surface area contributed by atoms with Gasteiger partial charge in [0.2, 0.25) is 0 Å². The average Bonchev–Trinajstić information content (AvgIpc) is 2.56. The van der Waals surface area contributed by atoms with Gasteiger partial charge in [0.25, 0.3) is 0 Å². The molecule has 1 aromatic rings. The molecule has 2 rings (SSSR count). The highest BCUT2D eigenvalue weighted by molar-refractivity contribution is 6.63. The van der Waals surface area contributed by atoms with E-state index in [-0.39, 0.29) is 18.3 Å². The third kappa shape index (κ3) is 2.82. The van der Waals surface area contributed by atoms with E-state index >= 15 is 0 Å². The minimum Gasteiger partial charge on any atom is -0.399 e. The minimum absolute atomic E-state index is 0.289. The summed E-state index contributed by atoms with van der Waals surface area (Å²) >= 11 is 0. The molecule has 1 fully saturated rings. The van der Waals surface area contributed by atoms with Gasteiger partial charge in [0, 0.05) is 0 Å². The lowest BCUT2D eigenvalue weighted by Crippen LogP contribution is -2.41. The Balaban J connectivity index is 2.41. The summed E-state index contributed by atoms with van der Waals surface area (Å²) in [5, 5.41) is 0. The molecule has 3 heteroatoms. The molecule has 1 aromatic carbocycles. The molecule has 21 heavy (non-hydrogen) atoms. The maximum absolute atomic E-state index is 6.20. The molecule has 114 valence electrons. The Morgan fingerprint density at radius 1 is 1.05 bits per heavy atom. The molecular formula is C18H27BO2. The van der Waals surface area contributed by atoms with E-state index in [4.69, 9.17) is 9.31 Å².